The molecule has 1 aliphatic rings. The average Bonchev–Trinajstić information content (AvgIpc) is 3.55. The highest BCUT2D eigenvalue weighted by molar-refractivity contribution is 7.13. The minimum Gasteiger partial charge on any atom is -0.356 e. The Kier molecular flexibility index (Phi) is 6.04. The van der Waals surface area contributed by atoms with Gasteiger partial charge in [-0.3, -0.25) is 4.79 Å². The van der Waals surface area contributed by atoms with Gasteiger partial charge in [0.15, 0.2) is 0 Å². The Labute approximate surface area is 197 Å². The Morgan fingerprint density at radius 3 is 2.36 bits per heavy atom. The molecule has 1 fully saturated rings. The zero-order valence-corrected chi connectivity index (χ0v) is 19.2. The van der Waals surface area contributed by atoms with Gasteiger partial charge >= 0.3 is 0 Å². The van der Waals surface area contributed by atoms with Crippen molar-refractivity contribution in [1.82, 2.24) is 9.97 Å². The van der Waals surface area contributed by atoms with Gasteiger partial charge in [0.1, 0.15) is 17.5 Å². The number of anilines is 4. The number of nitrogens with zero attached hydrogens (tertiary/aromatic N) is 3. The van der Waals surface area contributed by atoms with E-state index in [9.17, 15) is 4.79 Å². The van der Waals surface area contributed by atoms with Crippen molar-refractivity contribution in [3.8, 4) is 10.4 Å². The van der Waals surface area contributed by atoms with Crippen LogP contribution in [-0.2, 0) is 0 Å². The Bertz CT molecular complexity index is 1230. The molecule has 7 heteroatoms. The molecule has 166 valence electrons. The largest absolute Gasteiger partial charge is 0.356 e. The Morgan fingerprint density at radius 1 is 0.939 bits per heavy atom. The molecule has 2 aromatic heterocycles. The Balaban J connectivity index is 1.23. The third kappa shape index (κ3) is 5.04. The van der Waals surface area contributed by atoms with Crippen LogP contribution >= 0.6 is 11.3 Å². The first-order valence-electron chi connectivity index (χ1n) is 11.1. The maximum Gasteiger partial charge on any atom is 0.255 e. The second kappa shape index (κ2) is 9.42. The molecule has 0 saturated carbocycles. The predicted molar refractivity (Wildman–Crippen MR) is 136 cm³/mol. The van der Waals surface area contributed by atoms with Crippen LogP contribution in [-0.4, -0.2) is 29.0 Å². The van der Waals surface area contributed by atoms with E-state index < -0.39 is 0 Å². The molecule has 6 nitrogen and oxygen atoms in total. The zero-order valence-electron chi connectivity index (χ0n) is 18.4. The summed E-state index contributed by atoms with van der Waals surface area (Å²) in [6.07, 6.45) is 2.41. The van der Waals surface area contributed by atoms with Gasteiger partial charge in [0.2, 0.25) is 0 Å². The summed E-state index contributed by atoms with van der Waals surface area (Å²) in [5.74, 6) is 2.36. The van der Waals surface area contributed by atoms with Gasteiger partial charge in [-0.05, 0) is 73.2 Å². The van der Waals surface area contributed by atoms with E-state index in [4.69, 9.17) is 0 Å². The number of hydrogen-bond acceptors (Lipinski definition) is 6. The van der Waals surface area contributed by atoms with E-state index in [1.54, 1.807) is 11.3 Å². The van der Waals surface area contributed by atoms with E-state index in [-0.39, 0.29) is 5.91 Å². The SMILES string of the molecule is Cc1nc(Nc2ccc(NC(=O)c3ccc(-c4cccs4)cc3)cc2)cc(N2CCCC2)n1. The van der Waals surface area contributed by atoms with Gasteiger partial charge in [-0.2, -0.15) is 0 Å². The molecule has 33 heavy (non-hydrogen) atoms. The summed E-state index contributed by atoms with van der Waals surface area (Å²) in [7, 11) is 0. The van der Waals surface area contributed by atoms with Crippen LogP contribution in [0.25, 0.3) is 10.4 Å². The molecule has 2 N–H and O–H groups in total. The number of thiophene rings is 1. The number of benzene rings is 2. The molecule has 0 bridgehead atoms. The minimum absolute atomic E-state index is 0.130. The first-order chi connectivity index (χ1) is 16.1. The monoisotopic (exact) mass is 455 g/mol. The van der Waals surface area contributed by atoms with Gasteiger partial charge in [-0.25, -0.2) is 9.97 Å². The quantitative estimate of drug-likeness (QED) is 0.367. The number of amides is 1. The molecule has 0 spiro atoms. The summed E-state index contributed by atoms with van der Waals surface area (Å²) in [6.45, 7) is 4.00. The van der Waals surface area contributed by atoms with Gasteiger partial charge in [0.25, 0.3) is 5.91 Å². The van der Waals surface area contributed by atoms with Crippen molar-refractivity contribution in [2.75, 3.05) is 28.6 Å². The van der Waals surface area contributed by atoms with E-state index in [0.29, 0.717) is 5.56 Å². The highest BCUT2D eigenvalue weighted by atomic mass is 32.1. The van der Waals surface area contributed by atoms with Crippen molar-refractivity contribution in [3.05, 3.63) is 83.5 Å². The van der Waals surface area contributed by atoms with Crippen molar-refractivity contribution < 1.29 is 4.79 Å². The fourth-order valence-electron chi connectivity index (χ4n) is 3.94. The number of aryl methyl sites for hydroxylation is 1. The standard InChI is InChI=1S/C26H25N5OS/c1-18-27-24(17-25(28-18)31-14-2-3-15-31)29-21-10-12-22(13-11-21)30-26(32)20-8-6-19(7-9-20)23-5-4-16-33-23/h4-13,16-17H,2-3,14-15H2,1H3,(H,30,32)(H,27,28,29). The highest BCUT2D eigenvalue weighted by Crippen LogP contribution is 2.26. The molecule has 1 saturated heterocycles. The molecule has 4 aromatic rings. The van der Waals surface area contributed by atoms with Crippen LogP contribution in [0.15, 0.2) is 72.1 Å². The van der Waals surface area contributed by atoms with Crippen LogP contribution in [0.2, 0.25) is 0 Å². The number of aromatic nitrogens is 2. The lowest BCUT2D eigenvalue weighted by atomic mass is 10.1. The van der Waals surface area contributed by atoms with Gasteiger partial charge in [0, 0.05) is 41.0 Å². The lowest BCUT2D eigenvalue weighted by Crippen LogP contribution is -2.19. The Hall–Kier alpha value is -3.71. The highest BCUT2D eigenvalue weighted by Gasteiger charge is 2.15. The van der Waals surface area contributed by atoms with Crippen molar-refractivity contribution in [2.45, 2.75) is 19.8 Å². The lowest BCUT2D eigenvalue weighted by molar-refractivity contribution is 0.102. The lowest BCUT2D eigenvalue weighted by Gasteiger charge is -2.18. The number of rotatable bonds is 6. The molecular weight excluding hydrogens is 430 g/mol. The summed E-state index contributed by atoms with van der Waals surface area (Å²) in [4.78, 5) is 25.2. The zero-order chi connectivity index (χ0) is 22.6. The molecule has 1 amide bonds. The summed E-state index contributed by atoms with van der Waals surface area (Å²) < 4.78 is 0. The van der Waals surface area contributed by atoms with Crippen molar-refractivity contribution in [1.29, 1.82) is 0 Å². The molecule has 0 unspecified atom stereocenters. The second-order valence-electron chi connectivity index (χ2n) is 8.06. The van der Waals surface area contributed by atoms with Crippen molar-refractivity contribution in [3.63, 3.8) is 0 Å². The van der Waals surface area contributed by atoms with E-state index >= 15 is 0 Å². The topological polar surface area (TPSA) is 70.2 Å². The second-order valence-corrected chi connectivity index (χ2v) is 9.01. The average molecular weight is 456 g/mol. The van der Waals surface area contributed by atoms with Gasteiger partial charge in [-0.1, -0.05) is 18.2 Å². The summed E-state index contributed by atoms with van der Waals surface area (Å²) >= 11 is 1.69. The minimum atomic E-state index is -0.130. The van der Waals surface area contributed by atoms with Gasteiger partial charge < -0.3 is 15.5 Å². The molecular formula is C26H25N5OS. The van der Waals surface area contributed by atoms with Crippen LogP contribution < -0.4 is 15.5 Å². The molecule has 3 heterocycles. The molecule has 5 rings (SSSR count). The maximum atomic E-state index is 12.6. The number of carbonyl (C=O) groups is 1. The normalized spacial score (nSPS) is 13.2. The summed E-state index contributed by atoms with van der Waals surface area (Å²) in [5, 5.41) is 8.36. The molecule has 2 aromatic carbocycles. The van der Waals surface area contributed by atoms with E-state index in [1.807, 2.05) is 73.0 Å². The third-order valence-electron chi connectivity index (χ3n) is 5.62. The van der Waals surface area contributed by atoms with Crippen molar-refractivity contribution >= 4 is 40.3 Å². The van der Waals surface area contributed by atoms with Crippen LogP contribution in [0.1, 0.15) is 29.0 Å². The predicted octanol–water partition coefficient (Wildman–Crippen LogP) is 6.11. The smallest absolute Gasteiger partial charge is 0.255 e. The molecule has 1 aliphatic heterocycles. The number of carbonyl (C=O) groups excluding carboxylic acids is 1. The molecule has 0 radical (unpaired) electrons. The number of hydrogen-bond donors (Lipinski definition) is 2. The van der Waals surface area contributed by atoms with Crippen LogP contribution in [0.3, 0.4) is 0 Å². The van der Waals surface area contributed by atoms with Crippen molar-refractivity contribution in [2.24, 2.45) is 0 Å². The van der Waals surface area contributed by atoms with E-state index in [0.717, 1.165) is 47.5 Å². The summed E-state index contributed by atoms with van der Waals surface area (Å²) in [5.41, 5.74) is 3.39. The van der Waals surface area contributed by atoms with Crippen LogP contribution in [0.4, 0.5) is 23.0 Å². The fraction of sp³-hybridized carbons (Fsp3) is 0.192. The van der Waals surface area contributed by atoms with E-state index in [2.05, 4.69) is 31.6 Å². The summed E-state index contributed by atoms with van der Waals surface area (Å²) in [6, 6.07) is 21.4. The first-order valence-corrected chi connectivity index (χ1v) is 11.9. The van der Waals surface area contributed by atoms with Crippen LogP contribution in [0.5, 0.6) is 0 Å². The first kappa shape index (κ1) is 21.2. The van der Waals surface area contributed by atoms with Gasteiger partial charge in [-0.15, -0.1) is 11.3 Å². The van der Waals surface area contributed by atoms with Gasteiger partial charge in [0.05, 0.1) is 0 Å². The van der Waals surface area contributed by atoms with Crippen LogP contribution in [0, 0.1) is 6.92 Å². The maximum absolute atomic E-state index is 12.6. The third-order valence-corrected chi connectivity index (χ3v) is 6.54. The van der Waals surface area contributed by atoms with E-state index in [1.165, 1.54) is 17.7 Å². The Morgan fingerprint density at radius 2 is 1.67 bits per heavy atom. The molecule has 0 aliphatic carbocycles. The number of nitrogens with one attached hydrogen (secondary N) is 2. The fourth-order valence-corrected chi connectivity index (χ4v) is 4.67. The molecule has 0 atom stereocenters.